The van der Waals surface area contributed by atoms with Crippen molar-refractivity contribution in [1.82, 2.24) is 9.88 Å². The highest BCUT2D eigenvalue weighted by molar-refractivity contribution is 7.15. The van der Waals surface area contributed by atoms with E-state index in [4.69, 9.17) is 11.6 Å². The lowest BCUT2D eigenvalue weighted by Gasteiger charge is -2.34. The van der Waals surface area contributed by atoms with E-state index in [1.807, 2.05) is 31.2 Å². The van der Waals surface area contributed by atoms with Crippen molar-refractivity contribution in [3.8, 4) is 0 Å². The number of piperidine rings is 1. The fraction of sp³-hybridized carbons (Fsp3) is 0.389. The van der Waals surface area contributed by atoms with Crippen LogP contribution in [0.1, 0.15) is 23.8 Å². The van der Waals surface area contributed by atoms with Gasteiger partial charge in [0.2, 0.25) is 0 Å². The molecule has 26 heavy (non-hydrogen) atoms. The summed E-state index contributed by atoms with van der Waals surface area (Å²) in [5.74, 6) is -1.22. The van der Waals surface area contributed by atoms with E-state index < -0.39 is 11.9 Å². The van der Waals surface area contributed by atoms with Crippen molar-refractivity contribution >= 4 is 40.1 Å². The van der Waals surface area contributed by atoms with Crippen LogP contribution in [0, 0.1) is 11.8 Å². The first-order valence-electron chi connectivity index (χ1n) is 8.39. The van der Waals surface area contributed by atoms with E-state index in [0.29, 0.717) is 29.5 Å². The van der Waals surface area contributed by atoms with E-state index in [1.165, 1.54) is 11.3 Å². The summed E-state index contributed by atoms with van der Waals surface area (Å²) < 4.78 is 0. The third kappa shape index (κ3) is 4.53. The van der Waals surface area contributed by atoms with Crippen LogP contribution in [0.3, 0.4) is 0 Å². The predicted molar refractivity (Wildman–Crippen MR) is 102 cm³/mol. The number of hydrogen-bond acceptors (Lipinski definition) is 4. The predicted octanol–water partition coefficient (Wildman–Crippen LogP) is 3.96. The number of nitrogens with zero attached hydrogens (tertiary/aromatic N) is 2. The summed E-state index contributed by atoms with van der Waals surface area (Å²) in [7, 11) is 0. The molecule has 2 atom stereocenters. The highest BCUT2D eigenvalue weighted by Gasteiger charge is 2.32. The first-order valence-corrected chi connectivity index (χ1v) is 9.58. The zero-order valence-corrected chi connectivity index (χ0v) is 15.9. The second-order valence-electron chi connectivity index (χ2n) is 6.61. The van der Waals surface area contributed by atoms with Gasteiger partial charge in [0.05, 0.1) is 5.92 Å². The number of halogens is 1. The van der Waals surface area contributed by atoms with Gasteiger partial charge in [-0.3, -0.25) is 10.1 Å². The quantitative estimate of drug-likeness (QED) is 0.823. The molecule has 1 fully saturated rings. The van der Waals surface area contributed by atoms with E-state index in [2.05, 4.69) is 10.3 Å². The molecular formula is C18H20ClN3O3S. The first kappa shape index (κ1) is 18.7. The summed E-state index contributed by atoms with van der Waals surface area (Å²) in [4.78, 5) is 30.5. The molecule has 2 amide bonds. The van der Waals surface area contributed by atoms with Crippen LogP contribution in [-0.4, -0.2) is 40.1 Å². The fourth-order valence-electron chi connectivity index (χ4n) is 3.14. The van der Waals surface area contributed by atoms with E-state index >= 15 is 0 Å². The maximum Gasteiger partial charge on any atom is 0.323 e. The van der Waals surface area contributed by atoms with Gasteiger partial charge in [0.1, 0.15) is 0 Å². The molecule has 2 aromatic rings. The molecule has 3 rings (SSSR count). The Hall–Kier alpha value is -2.12. The first-order chi connectivity index (χ1) is 12.4. The van der Waals surface area contributed by atoms with Gasteiger partial charge in [-0.15, -0.1) is 11.3 Å². The zero-order valence-electron chi connectivity index (χ0n) is 14.3. The smallest absolute Gasteiger partial charge is 0.323 e. The van der Waals surface area contributed by atoms with Crippen molar-refractivity contribution in [2.24, 2.45) is 11.8 Å². The van der Waals surface area contributed by atoms with Crippen LogP contribution in [0.25, 0.3) is 0 Å². The summed E-state index contributed by atoms with van der Waals surface area (Å²) in [6.07, 6.45) is 2.97. The number of carbonyl (C=O) groups is 2. The number of carboxylic acid groups (broad SMARTS) is 1. The molecule has 0 spiro atoms. The summed E-state index contributed by atoms with van der Waals surface area (Å²) in [5, 5.41) is 13.2. The molecule has 1 saturated heterocycles. The van der Waals surface area contributed by atoms with E-state index in [1.54, 1.807) is 11.1 Å². The minimum absolute atomic E-state index is 0.155. The van der Waals surface area contributed by atoms with Crippen LogP contribution < -0.4 is 5.32 Å². The molecule has 8 heteroatoms. The van der Waals surface area contributed by atoms with Gasteiger partial charge >= 0.3 is 12.0 Å². The molecule has 2 N–H and O–H groups in total. The maximum absolute atomic E-state index is 12.5. The number of thiazole rings is 1. The fourth-order valence-corrected chi connectivity index (χ4v) is 4.17. The number of aromatic nitrogens is 1. The topological polar surface area (TPSA) is 82.5 Å². The Morgan fingerprint density at radius 2 is 2.15 bits per heavy atom. The van der Waals surface area contributed by atoms with Crippen molar-refractivity contribution in [1.29, 1.82) is 0 Å². The van der Waals surface area contributed by atoms with Crippen LogP contribution >= 0.6 is 22.9 Å². The van der Waals surface area contributed by atoms with Gasteiger partial charge in [0, 0.05) is 35.6 Å². The van der Waals surface area contributed by atoms with Crippen LogP contribution in [0.2, 0.25) is 5.02 Å². The van der Waals surface area contributed by atoms with Gasteiger partial charge in [-0.2, -0.15) is 0 Å². The Bertz CT molecular complexity index is 810. The maximum atomic E-state index is 12.5. The lowest BCUT2D eigenvalue weighted by Crippen LogP contribution is -2.47. The Balaban J connectivity index is 1.62. The molecule has 1 aromatic heterocycles. The monoisotopic (exact) mass is 393 g/mol. The number of carboxylic acids is 1. The minimum atomic E-state index is -0.856. The molecule has 0 saturated carbocycles. The van der Waals surface area contributed by atoms with Crippen molar-refractivity contribution in [2.45, 2.75) is 19.8 Å². The lowest BCUT2D eigenvalue weighted by atomic mass is 9.91. The van der Waals surface area contributed by atoms with Crippen LogP contribution in [0.5, 0.6) is 0 Å². The van der Waals surface area contributed by atoms with E-state index in [-0.39, 0.29) is 18.5 Å². The molecule has 1 aliphatic rings. The average Bonchev–Trinajstić information content (AvgIpc) is 3.03. The largest absolute Gasteiger partial charge is 0.481 e. The average molecular weight is 394 g/mol. The van der Waals surface area contributed by atoms with Gasteiger partial charge in [0.15, 0.2) is 5.13 Å². The highest BCUT2D eigenvalue weighted by atomic mass is 35.5. The van der Waals surface area contributed by atoms with Gasteiger partial charge in [-0.1, -0.05) is 36.7 Å². The van der Waals surface area contributed by atoms with E-state index in [9.17, 15) is 14.7 Å². The Kier molecular flexibility index (Phi) is 5.78. The van der Waals surface area contributed by atoms with Gasteiger partial charge in [-0.25, -0.2) is 9.78 Å². The van der Waals surface area contributed by atoms with Crippen LogP contribution in [0.15, 0.2) is 30.5 Å². The number of amides is 2. The van der Waals surface area contributed by atoms with Crippen LogP contribution in [0.4, 0.5) is 9.93 Å². The molecule has 0 aliphatic carbocycles. The number of likely N-dealkylation sites (tertiary alicyclic amines) is 1. The van der Waals surface area contributed by atoms with Gasteiger partial charge in [-0.05, 0) is 24.0 Å². The minimum Gasteiger partial charge on any atom is -0.481 e. The molecule has 138 valence electrons. The summed E-state index contributed by atoms with van der Waals surface area (Å²) in [6, 6.07) is 7.31. The zero-order chi connectivity index (χ0) is 18.7. The summed E-state index contributed by atoms with van der Waals surface area (Å²) in [5.41, 5.74) is 1.00. The molecule has 0 bridgehead atoms. The molecule has 2 heterocycles. The van der Waals surface area contributed by atoms with Crippen molar-refractivity contribution in [3.05, 3.63) is 45.9 Å². The molecule has 1 aromatic carbocycles. The molecule has 0 radical (unpaired) electrons. The molecule has 1 aliphatic heterocycles. The van der Waals surface area contributed by atoms with Gasteiger partial charge < -0.3 is 10.0 Å². The van der Waals surface area contributed by atoms with E-state index in [0.717, 1.165) is 10.4 Å². The van der Waals surface area contributed by atoms with Crippen LogP contribution in [-0.2, 0) is 11.2 Å². The third-order valence-electron chi connectivity index (χ3n) is 4.39. The Labute approximate surface area is 160 Å². The SMILES string of the molecule is CC1CC(C(=O)O)CN(C(=O)Nc2ncc(Cc3ccccc3Cl)s2)C1. The second kappa shape index (κ2) is 8.05. The number of rotatable bonds is 4. The normalized spacial score (nSPS) is 20.0. The van der Waals surface area contributed by atoms with Gasteiger partial charge in [0.25, 0.3) is 0 Å². The van der Waals surface area contributed by atoms with Crippen molar-refractivity contribution in [2.75, 3.05) is 18.4 Å². The number of urea groups is 1. The summed E-state index contributed by atoms with van der Waals surface area (Å²) in [6.45, 7) is 2.73. The summed E-state index contributed by atoms with van der Waals surface area (Å²) >= 11 is 7.57. The second-order valence-corrected chi connectivity index (χ2v) is 8.13. The highest BCUT2D eigenvalue weighted by Crippen LogP contribution is 2.26. The standard InChI is InChI=1S/C18H20ClN3O3S/c1-11-6-13(16(23)24)10-22(9-11)18(25)21-17-20-8-14(26-17)7-12-4-2-3-5-15(12)19/h2-5,8,11,13H,6-7,9-10H2,1H3,(H,23,24)(H,20,21,25). The number of anilines is 1. The number of benzene rings is 1. The number of aliphatic carboxylic acids is 1. The van der Waals surface area contributed by atoms with Crippen molar-refractivity contribution in [3.63, 3.8) is 0 Å². The lowest BCUT2D eigenvalue weighted by molar-refractivity contribution is -0.143. The third-order valence-corrected chi connectivity index (χ3v) is 5.67. The molecular weight excluding hydrogens is 374 g/mol. The van der Waals surface area contributed by atoms with Crippen molar-refractivity contribution < 1.29 is 14.7 Å². The molecule has 6 nitrogen and oxygen atoms in total. The Morgan fingerprint density at radius 3 is 2.88 bits per heavy atom. The Morgan fingerprint density at radius 1 is 1.38 bits per heavy atom. The molecule has 2 unspecified atom stereocenters. The number of nitrogens with one attached hydrogen (secondary N) is 1. The number of carbonyl (C=O) groups excluding carboxylic acids is 1. The number of hydrogen-bond donors (Lipinski definition) is 2.